The van der Waals surface area contributed by atoms with Crippen molar-refractivity contribution in [2.75, 3.05) is 5.21 Å². The van der Waals surface area contributed by atoms with Crippen LogP contribution in [0.5, 0.6) is 0 Å². The summed E-state index contributed by atoms with van der Waals surface area (Å²) in [6.45, 7) is 1.83. The predicted octanol–water partition coefficient (Wildman–Crippen LogP) is 2.96. The highest BCUT2D eigenvalue weighted by Crippen LogP contribution is 2.21. The van der Waals surface area contributed by atoms with Crippen LogP contribution in [0.1, 0.15) is 17.9 Å². The van der Waals surface area contributed by atoms with Gasteiger partial charge in [0.15, 0.2) is 9.84 Å². The van der Waals surface area contributed by atoms with Crippen molar-refractivity contribution in [1.29, 1.82) is 0 Å². The van der Waals surface area contributed by atoms with Gasteiger partial charge in [0, 0.05) is 0 Å². The molecule has 0 spiro atoms. The van der Waals surface area contributed by atoms with Crippen LogP contribution >= 0.6 is 23.2 Å². The zero-order chi connectivity index (χ0) is 10.8. The van der Waals surface area contributed by atoms with Gasteiger partial charge in [-0.05, 0) is 24.6 Å². The Bertz CT molecular complexity index is 395. The first-order chi connectivity index (χ1) is 6.47. The largest absolute Gasteiger partial charge is 0.222 e. The lowest BCUT2D eigenvalue weighted by atomic mass is 10.2. The van der Waals surface area contributed by atoms with Crippen LogP contribution in [0.2, 0.25) is 0 Å². The Morgan fingerprint density at radius 2 is 1.79 bits per heavy atom. The van der Waals surface area contributed by atoms with Crippen LogP contribution in [0.3, 0.4) is 0 Å². The van der Waals surface area contributed by atoms with Gasteiger partial charge >= 0.3 is 0 Å². The van der Waals surface area contributed by atoms with E-state index in [2.05, 4.69) is 0 Å². The predicted molar refractivity (Wildman–Crippen MR) is 58.6 cm³/mol. The Morgan fingerprint density at radius 1 is 1.29 bits per heavy atom. The molecule has 0 aliphatic rings. The summed E-state index contributed by atoms with van der Waals surface area (Å²) in [6.07, 6.45) is 0. The maximum atomic E-state index is 11.3. The monoisotopic (exact) mass is 252 g/mol. The highest BCUT2D eigenvalue weighted by Gasteiger charge is 2.12. The molecular weight excluding hydrogens is 243 g/mol. The molecule has 78 valence electrons. The molecule has 0 amide bonds. The zero-order valence-corrected chi connectivity index (χ0v) is 9.90. The molecule has 0 heterocycles. The van der Waals surface area contributed by atoms with Gasteiger partial charge in [0.2, 0.25) is 0 Å². The molecule has 0 saturated heterocycles. The SMILES string of the molecule is CC(Cl)c1ccc(S(=O)(=O)CCl)cc1. The lowest BCUT2D eigenvalue weighted by Crippen LogP contribution is -2.01. The Balaban J connectivity index is 3.06. The van der Waals surface area contributed by atoms with E-state index >= 15 is 0 Å². The minimum absolute atomic E-state index is 0.122. The number of benzene rings is 1. The van der Waals surface area contributed by atoms with E-state index in [4.69, 9.17) is 23.2 Å². The number of sulfone groups is 1. The number of rotatable bonds is 3. The molecule has 1 atom stereocenters. The Labute approximate surface area is 93.8 Å². The second kappa shape index (κ2) is 4.51. The van der Waals surface area contributed by atoms with Crippen molar-refractivity contribution in [2.45, 2.75) is 17.2 Å². The van der Waals surface area contributed by atoms with Crippen molar-refractivity contribution < 1.29 is 8.42 Å². The molecule has 1 unspecified atom stereocenters. The third kappa shape index (κ3) is 2.62. The molecule has 0 radical (unpaired) electrons. The molecule has 14 heavy (non-hydrogen) atoms. The summed E-state index contributed by atoms with van der Waals surface area (Å²) in [6, 6.07) is 6.42. The molecule has 2 nitrogen and oxygen atoms in total. The summed E-state index contributed by atoms with van der Waals surface area (Å²) in [5.41, 5.74) is 0.889. The molecule has 0 bridgehead atoms. The molecular formula is C9H10Cl2O2S. The fourth-order valence-electron chi connectivity index (χ4n) is 1.00. The zero-order valence-electron chi connectivity index (χ0n) is 7.57. The third-order valence-electron chi connectivity index (χ3n) is 1.84. The minimum atomic E-state index is -3.32. The number of halogens is 2. The van der Waals surface area contributed by atoms with E-state index in [0.29, 0.717) is 0 Å². The van der Waals surface area contributed by atoms with Gasteiger partial charge in [0.25, 0.3) is 0 Å². The van der Waals surface area contributed by atoms with Gasteiger partial charge < -0.3 is 0 Å². The second-order valence-electron chi connectivity index (χ2n) is 2.91. The van der Waals surface area contributed by atoms with Crippen molar-refractivity contribution in [3.05, 3.63) is 29.8 Å². The summed E-state index contributed by atoms with van der Waals surface area (Å²) in [7, 11) is -3.32. The van der Waals surface area contributed by atoms with Crippen LogP contribution in [-0.4, -0.2) is 13.6 Å². The van der Waals surface area contributed by atoms with Crippen LogP contribution < -0.4 is 0 Å². The Kier molecular flexibility index (Phi) is 3.81. The number of alkyl halides is 2. The summed E-state index contributed by atoms with van der Waals surface area (Å²) in [4.78, 5) is 0.230. The van der Waals surface area contributed by atoms with Crippen LogP contribution in [0, 0.1) is 0 Å². The van der Waals surface area contributed by atoms with Gasteiger partial charge in [0.05, 0.1) is 10.3 Å². The molecule has 5 heteroatoms. The highest BCUT2D eigenvalue weighted by atomic mass is 35.5. The van der Waals surface area contributed by atoms with E-state index < -0.39 is 15.0 Å². The minimum Gasteiger partial charge on any atom is -0.222 e. The van der Waals surface area contributed by atoms with Crippen molar-refractivity contribution in [3.8, 4) is 0 Å². The van der Waals surface area contributed by atoms with Gasteiger partial charge in [-0.15, -0.1) is 23.2 Å². The molecule has 0 aliphatic heterocycles. The molecule has 0 aliphatic carbocycles. The van der Waals surface area contributed by atoms with E-state index in [-0.39, 0.29) is 10.3 Å². The van der Waals surface area contributed by atoms with Gasteiger partial charge in [-0.2, -0.15) is 0 Å². The van der Waals surface area contributed by atoms with E-state index in [0.717, 1.165) is 5.56 Å². The summed E-state index contributed by atoms with van der Waals surface area (Å²) in [5.74, 6) is 0. The normalized spacial score (nSPS) is 13.9. The Hall–Kier alpha value is -0.250. The lowest BCUT2D eigenvalue weighted by Gasteiger charge is -2.04. The van der Waals surface area contributed by atoms with Crippen LogP contribution in [0.15, 0.2) is 29.2 Å². The van der Waals surface area contributed by atoms with Crippen molar-refractivity contribution in [1.82, 2.24) is 0 Å². The first-order valence-corrected chi connectivity index (χ1v) is 6.62. The smallest absolute Gasteiger partial charge is 0.192 e. The van der Waals surface area contributed by atoms with Crippen LogP contribution in [0.4, 0.5) is 0 Å². The average Bonchev–Trinajstić information content (AvgIpc) is 2.18. The maximum absolute atomic E-state index is 11.3. The first kappa shape index (κ1) is 11.8. The van der Waals surface area contributed by atoms with E-state index in [9.17, 15) is 8.42 Å². The van der Waals surface area contributed by atoms with E-state index in [1.54, 1.807) is 12.1 Å². The van der Waals surface area contributed by atoms with Gasteiger partial charge in [0.1, 0.15) is 5.21 Å². The topological polar surface area (TPSA) is 34.1 Å². The third-order valence-corrected chi connectivity index (χ3v) is 4.23. The molecule has 1 aromatic carbocycles. The molecule has 1 aromatic rings. The lowest BCUT2D eigenvalue weighted by molar-refractivity contribution is 0.600. The van der Waals surface area contributed by atoms with E-state index in [1.165, 1.54) is 12.1 Å². The number of hydrogen-bond donors (Lipinski definition) is 0. The molecule has 0 fully saturated rings. The quantitative estimate of drug-likeness (QED) is 0.776. The number of hydrogen-bond acceptors (Lipinski definition) is 2. The second-order valence-corrected chi connectivity index (χ2v) is 6.14. The summed E-state index contributed by atoms with van der Waals surface area (Å²) < 4.78 is 22.6. The van der Waals surface area contributed by atoms with Crippen LogP contribution in [-0.2, 0) is 9.84 Å². The molecule has 0 saturated carbocycles. The van der Waals surface area contributed by atoms with Gasteiger partial charge in [-0.1, -0.05) is 12.1 Å². The van der Waals surface area contributed by atoms with Gasteiger partial charge in [-0.25, -0.2) is 8.42 Å². The molecule has 1 rings (SSSR count). The molecule has 0 N–H and O–H groups in total. The van der Waals surface area contributed by atoms with Crippen molar-refractivity contribution in [2.24, 2.45) is 0 Å². The van der Waals surface area contributed by atoms with Crippen molar-refractivity contribution >= 4 is 33.0 Å². The first-order valence-electron chi connectivity index (χ1n) is 4.00. The van der Waals surface area contributed by atoms with Crippen LogP contribution in [0.25, 0.3) is 0 Å². The fraction of sp³-hybridized carbons (Fsp3) is 0.333. The van der Waals surface area contributed by atoms with Gasteiger partial charge in [-0.3, -0.25) is 0 Å². The fourth-order valence-corrected chi connectivity index (χ4v) is 2.20. The van der Waals surface area contributed by atoms with E-state index in [1.807, 2.05) is 6.92 Å². The summed E-state index contributed by atoms with van der Waals surface area (Å²) >= 11 is 11.1. The molecule has 0 aromatic heterocycles. The highest BCUT2D eigenvalue weighted by molar-refractivity contribution is 7.92. The van der Waals surface area contributed by atoms with Crippen molar-refractivity contribution in [3.63, 3.8) is 0 Å². The standard InChI is InChI=1S/C9H10Cl2O2S/c1-7(11)8-2-4-9(5-3-8)14(12,13)6-10/h2-5,7H,6H2,1H3. The summed E-state index contributed by atoms with van der Waals surface area (Å²) in [5, 5.41) is -0.522. The average molecular weight is 253 g/mol. The maximum Gasteiger partial charge on any atom is 0.192 e. The Morgan fingerprint density at radius 3 is 2.14 bits per heavy atom.